The summed E-state index contributed by atoms with van der Waals surface area (Å²) in [6.45, 7) is 5.96. The van der Waals surface area contributed by atoms with Crippen LogP contribution in [0.5, 0.6) is 5.75 Å². The Kier molecular flexibility index (Phi) is 7.00. The fraction of sp³-hybridized carbons (Fsp3) is 0.333. The second-order valence-electron chi connectivity index (χ2n) is 8.77. The number of ether oxygens (including phenoxy) is 2. The first kappa shape index (κ1) is 24.2. The molecule has 0 saturated heterocycles. The van der Waals surface area contributed by atoms with Crippen molar-refractivity contribution in [1.29, 1.82) is 0 Å². The summed E-state index contributed by atoms with van der Waals surface area (Å²) >= 11 is 0. The number of benzene rings is 2. The number of methoxy groups -OCH3 is 1. The third kappa shape index (κ3) is 5.42. The highest BCUT2D eigenvalue weighted by Gasteiger charge is 2.16. The number of nitrogens with zero attached hydrogens (tertiary/aromatic N) is 4. The van der Waals surface area contributed by atoms with Gasteiger partial charge in [-0.1, -0.05) is 18.2 Å². The predicted octanol–water partition coefficient (Wildman–Crippen LogP) is 3.95. The smallest absolute Gasteiger partial charge is 0.306 e. The second kappa shape index (κ2) is 10.1. The van der Waals surface area contributed by atoms with Crippen LogP contribution in [0.1, 0.15) is 34.6 Å². The Hall–Kier alpha value is -3.94. The van der Waals surface area contributed by atoms with Crippen molar-refractivity contribution < 1.29 is 19.1 Å². The third-order valence-electron chi connectivity index (χ3n) is 6.18. The van der Waals surface area contributed by atoms with Crippen molar-refractivity contribution in [1.82, 2.24) is 19.5 Å². The molecule has 0 aliphatic rings. The third-order valence-corrected chi connectivity index (χ3v) is 6.18. The summed E-state index contributed by atoms with van der Waals surface area (Å²) in [6, 6.07) is 13.8. The quantitative estimate of drug-likeness (QED) is 0.360. The van der Waals surface area contributed by atoms with Crippen molar-refractivity contribution in [3.63, 3.8) is 0 Å². The highest BCUT2D eigenvalue weighted by molar-refractivity contribution is 5.85. The van der Waals surface area contributed by atoms with E-state index in [4.69, 9.17) is 9.47 Å². The summed E-state index contributed by atoms with van der Waals surface area (Å²) in [5.41, 5.74) is 5.47. The minimum Gasteiger partial charge on any atom is -0.497 e. The number of rotatable bonds is 8. The normalized spacial score (nSPS) is 11.1. The molecule has 0 N–H and O–H groups in total. The van der Waals surface area contributed by atoms with Gasteiger partial charge in [-0.3, -0.25) is 9.59 Å². The molecule has 0 saturated carbocycles. The SMILES string of the molecule is COc1ccc2cc(CN(C)C(=O)COC(=O)CCc3c(C)nc4cc(C)nn4c3C)ccc2c1. The molecule has 0 aliphatic carbocycles. The van der Waals surface area contributed by atoms with Crippen molar-refractivity contribution in [2.24, 2.45) is 0 Å². The number of aromatic nitrogens is 3. The number of carbonyl (C=O) groups excluding carboxylic acids is 2. The molecule has 2 heterocycles. The van der Waals surface area contributed by atoms with Crippen LogP contribution >= 0.6 is 0 Å². The number of hydrogen-bond donors (Lipinski definition) is 0. The molecule has 8 heteroatoms. The average Bonchev–Trinajstić information content (AvgIpc) is 3.22. The molecule has 0 atom stereocenters. The lowest BCUT2D eigenvalue weighted by molar-refractivity contribution is -0.151. The summed E-state index contributed by atoms with van der Waals surface area (Å²) in [5, 5.41) is 6.60. The van der Waals surface area contributed by atoms with Crippen LogP contribution in [0.2, 0.25) is 0 Å². The first-order valence-corrected chi connectivity index (χ1v) is 11.5. The van der Waals surface area contributed by atoms with Gasteiger partial charge in [0.15, 0.2) is 12.3 Å². The molecule has 8 nitrogen and oxygen atoms in total. The van der Waals surface area contributed by atoms with Gasteiger partial charge in [0.1, 0.15) is 5.75 Å². The Morgan fingerprint density at radius 2 is 1.77 bits per heavy atom. The molecule has 1 amide bonds. The Balaban J connectivity index is 1.30. The van der Waals surface area contributed by atoms with Gasteiger partial charge in [-0.25, -0.2) is 9.50 Å². The highest BCUT2D eigenvalue weighted by atomic mass is 16.5. The van der Waals surface area contributed by atoms with E-state index in [0.717, 1.165) is 50.4 Å². The van der Waals surface area contributed by atoms with Crippen LogP contribution in [-0.4, -0.2) is 52.1 Å². The molecule has 0 unspecified atom stereocenters. The van der Waals surface area contributed by atoms with Gasteiger partial charge in [0.25, 0.3) is 5.91 Å². The molecular formula is C27H30N4O4. The lowest BCUT2D eigenvalue weighted by atomic mass is 10.1. The maximum absolute atomic E-state index is 12.5. The second-order valence-corrected chi connectivity index (χ2v) is 8.77. The Morgan fingerprint density at radius 3 is 2.54 bits per heavy atom. The van der Waals surface area contributed by atoms with Crippen LogP contribution in [0.4, 0.5) is 0 Å². The Labute approximate surface area is 204 Å². The fourth-order valence-electron chi connectivity index (χ4n) is 4.22. The predicted molar refractivity (Wildman–Crippen MR) is 133 cm³/mol. The Bertz CT molecular complexity index is 1410. The van der Waals surface area contributed by atoms with Crippen LogP contribution in [0, 0.1) is 20.8 Å². The number of fused-ring (bicyclic) bond motifs is 2. The summed E-state index contributed by atoms with van der Waals surface area (Å²) in [5.74, 6) is 0.135. The number of aryl methyl sites for hydroxylation is 3. The molecule has 0 fully saturated rings. The van der Waals surface area contributed by atoms with Gasteiger partial charge in [-0.2, -0.15) is 5.10 Å². The average molecular weight is 475 g/mol. The molecule has 4 aromatic rings. The summed E-state index contributed by atoms with van der Waals surface area (Å²) < 4.78 is 12.3. The van der Waals surface area contributed by atoms with Gasteiger partial charge in [0, 0.05) is 37.5 Å². The van der Waals surface area contributed by atoms with Crippen LogP contribution < -0.4 is 4.74 Å². The van der Waals surface area contributed by atoms with E-state index in [1.54, 1.807) is 23.6 Å². The Morgan fingerprint density at radius 1 is 1.03 bits per heavy atom. The van der Waals surface area contributed by atoms with Crippen molar-refractivity contribution in [2.75, 3.05) is 20.8 Å². The molecule has 0 bridgehead atoms. The van der Waals surface area contributed by atoms with Gasteiger partial charge in [0.2, 0.25) is 0 Å². The first-order valence-electron chi connectivity index (χ1n) is 11.5. The minimum atomic E-state index is -0.415. The van der Waals surface area contributed by atoms with Crippen molar-refractivity contribution in [3.8, 4) is 5.75 Å². The number of esters is 1. The van der Waals surface area contributed by atoms with E-state index >= 15 is 0 Å². The van der Waals surface area contributed by atoms with E-state index in [1.165, 1.54) is 0 Å². The monoisotopic (exact) mass is 474 g/mol. The largest absolute Gasteiger partial charge is 0.497 e. The summed E-state index contributed by atoms with van der Waals surface area (Å²) in [4.78, 5) is 31.0. The number of amides is 1. The maximum Gasteiger partial charge on any atom is 0.306 e. The molecule has 35 heavy (non-hydrogen) atoms. The molecule has 4 rings (SSSR count). The molecule has 0 aliphatic heterocycles. The maximum atomic E-state index is 12.5. The summed E-state index contributed by atoms with van der Waals surface area (Å²) in [6.07, 6.45) is 0.643. The van der Waals surface area contributed by atoms with Crippen molar-refractivity contribution in [3.05, 3.63) is 70.7 Å². The number of hydrogen-bond acceptors (Lipinski definition) is 6. The van der Waals surface area contributed by atoms with Crippen LogP contribution in [0.15, 0.2) is 42.5 Å². The van der Waals surface area contributed by atoms with E-state index in [9.17, 15) is 9.59 Å². The van der Waals surface area contributed by atoms with Gasteiger partial charge < -0.3 is 14.4 Å². The summed E-state index contributed by atoms with van der Waals surface area (Å²) in [7, 11) is 3.34. The topological polar surface area (TPSA) is 86.0 Å². The molecular weight excluding hydrogens is 444 g/mol. The lowest BCUT2D eigenvalue weighted by Gasteiger charge is -2.18. The van der Waals surface area contributed by atoms with Crippen LogP contribution in [0.25, 0.3) is 16.4 Å². The van der Waals surface area contributed by atoms with E-state index in [2.05, 4.69) is 10.1 Å². The van der Waals surface area contributed by atoms with E-state index in [1.807, 2.05) is 63.2 Å². The van der Waals surface area contributed by atoms with Gasteiger partial charge in [0.05, 0.1) is 12.8 Å². The molecule has 2 aromatic carbocycles. The lowest BCUT2D eigenvalue weighted by Crippen LogP contribution is -2.30. The van der Waals surface area contributed by atoms with E-state index < -0.39 is 5.97 Å². The van der Waals surface area contributed by atoms with Gasteiger partial charge in [-0.15, -0.1) is 0 Å². The van der Waals surface area contributed by atoms with Crippen LogP contribution in [-0.2, 0) is 27.3 Å². The zero-order chi connectivity index (χ0) is 25.1. The van der Waals surface area contributed by atoms with E-state index in [-0.39, 0.29) is 18.9 Å². The number of carbonyl (C=O) groups is 2. The van der Waals surface area contributed by atoms with Crippen molar-refractivity contribution >= 4 is 28.3 Å². The van der Waals surface area contributed by atoms with Crippen LogP contribution in [0.3, 0.4) is 0 Å². The fourth-order valence-corrected chi connectivity index (χ4v) is 4.22. The molecule has 0 spiro atoms. The molecule has 182 valence electrons. The van der Waals surface area contributed by atoms with Gasteiger partial charge >= 0.3 is 5.97 Å². The van der Waals surface area contributed by atoms with Crippen molar-refractivity contribution in [2.45, 2.75) is 40.2 Å². The zero-order valence-corrected chi connectivity index (χ0v) is 20.8. The van der Waals surface area contributed by atoms with Gasteiger partial charge in [-0.05, 0) is 67.3 Å². The first-order chi connectivity index (χ1) is 16.7. The standard InChI is InChI=1S/C27H30N4O4/c1-17-12-25-28-18(2)24(19(3)31(25)29-17)10-11-27(33)35-16-26(32)30(4)15-20-6-7-22-14-23(34-5)9-8-21(22)13-20/h6-9,12-14H,10-11,15-16H2,1-5H3. The number of likely N-dealkylation sites (N-methyl/N-ethyl adjacent to an activating group) is 1. The highest BCUT2D eigenvalue weighted by Crippen LogP contribution is 2.22. The molecule has 2 aromatic heterocycles. The van der Waals surface area contributed by atoms with E-state index in [0.29, 0.717) is 13.0 Å². The minimum absolute atomic E-state index is 0.167. The zero-order valence-electron chi connectivity index (χ0n) is 20.8. The molecule has 0 radical (unpaired) electrons.